The second kappa shape index (κ2) is 7.05. The number of phosphoric acid groups is 1. The monoisotopic (exact) mass is 352 g/mol. The van der Waals surface area contributed by atoms with Crippen LogP contribution in [0.2, 0.25) is 0 Å². The zero-order valence-electron chi connectivity index (χ0n) is 12.8. The minimum Gasteiger partial charge on any atom is -0.508 e. The van der Waals surface area contributed by atoms with Gasteiger partial charge in [0.2, 0.25) is 0 Å². The minimum absolute atomic E-state index is 0.00125. The number of phenols is 2. The fourth-order valence-electron chi connectivity index (χ4n) is 2.42. The summed E-state index contributed by atoms with van der Waals surface area (Å²) in [5.74, 6) is -1.70. The highest BCUT2D eigenvalue weighted by Gasteiger charge is 2.27. The van der Waals surface area contributed by atoms with Crippen LogP contribution in [-0.4, -0.2) is 25.8 Å². The van der Waals surface area contributed by atoms with Crippen LogP contribution in [0, 0.1) is 0 Å². The summed E-state index contributed by atoms with van der Waals surface area (Å²) in [4.78, 5) is 30.8. The zero-order chi connectivity index (χ0) is 17.9. The van der Waals surface area contributed by atoms with E-state index in [1.54, 1.807) is 19.1 Å². The number of hydrogen-bond donors (Lipinski definition) is 4. The molecule has 0 saturated heterocycles. The molecular weight excluding hydrogens is 335 g/mol. The molecule has 0 aliphatic carbocycles. The van der Waals surface area contributed by atoms with Gasteiger partial charge in [0, 0.05) is 5.92 Å². The Labute approximate surface area is 138 Å². The number of rotatable bonds is 6. The molecular formula is C16H17O7P. The molecule has 0 aromatic heterocycles. The molecule has 8 heteroatoms. The fraction of sp³-hybridized carbons (Fsp3) is 0.188. The van der Waals surface area contributed by atoms with Crippen molar-refractivity contribution in [2.24, 2.45) is 0 Å². The van der Waals surface area contributed by atoms with Gasteiger partial charge in [-0.3, -0.25) is 14.6 Å². The summed E-state index contributed by atoms with van der Waals surface area (Å²) >= 11 is 0. The van der Waals surface area contributed by atoms with Gasteiger partial charge < -0.3 is 14.7 Å². The molecule has 0 amide bonds. The summed E-state index contributed by atoms with van der Waals surface area (Å²) in [6.45, 7) is 1.76. The number of hydrogen-bond acceptors (Lipinski definition) is 5. The van der Waals surface area contributed by atoms with Crippen LogP contribution in [0.3, 0.4) is 0 Å². The third kappa shape index (κ3) is 4.35. The molecule has 128 valence electrons. The number of Topliss-reactive ketones (excluding diaryl/α,β-unsaturated/α-hetero) is 1. The van der Waals surface area contributed by atoms with Crippen LogP contribution in [-0.2, 0) is 4.57 Å². The number of ketones is 1. The third-order valence-electron chi connectivity index (χ3n) is 3.44. The first-order valence-electron chi connectivity index (χ1n) is 7.12. The molecule has 1 atom stereocenters. The van der Waals surface area contributed by atoms with Gasteiger partial charge in [-0.15, -0.1) is 0 Å². The lowest BCUT2D eigenvalue weighted by Gasteiger charge is -2.17. The largest absolute Gasteiger partial charge is 0.524 e. The highest BCUT2D eigenvalue weighted by Crippen LogP contribution is 2.41. The lowest BCUT2D eigenvalue weighted by atomic mass is 9.88. The molecule has 0 heterocycles. The van der Waals surface area contributed by atoms with Crippen LogP contribution in [0.4, 0.5) is 0 Å². The molecule has 1 unspecified atom stereocenters. The van der Waals surface area contributed by atoms with E-state index in [0.29, 0.717) is 12.0 Å². The van der Waals surface area contributed by atoms with Crippen LogP contribution >= 0.6 is 7.82 Å². The Kier molecular flexibility index (Phi) is 5.29. The maximum atomic E-state index is 12.8. The maximum absolute atomic E-state index is 12.8. The molecule has 0 aliphatic rings. The molecule has 0 fully saturated rings. The molecule has 7 nitrogen and oxygen atoms in total. The lowest BCUT2D eigenvalue weighted by Crippen LogP contribution is -2.13. The Balaban J connectivity index is 2.47. The summed E-state index contributed by atoms with van der Waals surface area (Å²) in [5, 5.41) is 19.2. The van der Waals surface area contributed by atoms with Gasteiger partial charge in [-0.25, -0.2) is 4.57 Å². The summed E-state index contributed by atoms with van der Waals surface area (Å²) in [7, 11) is -4.86. The van der Waals surface area contributed by atoms with Crippen LogP contribution < -0.4 is 4.52 Å². The average molecular weight is 352 g/mol. The standard InChI is InChI=1S/C16H17O7P/c1-2-13(10-4-3-5-11(17)8-10)16(19)14-9-12(18)6-7-15(14)23-24(20,21)22/h3-9,13,17-18H,2H2,1H3,(H2,20,21,22). The van der Waals surface area contributed by atoms with Crippen LogP contribution in [0.1, 0.15) is 35.2 Å². The van der Waals surface area contributed by atoms with Crippen molar-refractivity contribution in [2.75, 3.05) is 0 Å². The highest BCUT2D eigenvalue weighted by molar-refractivity contribution is 7.46. The Morgan fingerprint density at radius 1 is 1.12 bits per heavy atom. The first kappa shape index (κ1) is 18.0. The second-order valence-electron chi connectivity index (χ2n) is 5.18. The number of benzene rings is 2. The second-order valence-corrected chi connectivity index (χ2v) is 6.35. The molecule has 4 N–H and O–H groups in total. The average Bonchev–Trinajstić information content (AvgIpc) is 2.48. The van der Waals surface area contributed by atoms with E-state index < -0.39 is 19.5 Å². The quantitative estimate of drug-likeness (QED) is 0.465. The van der Waals surface area contributed by atoms with Crippen LogP contribution in [0.15, 0.2) is 42.5 Å². The van der Waals surface area contributed by atoms with Gasteiger partial charge in [-0.05, 0) is 42.3 Å². The molecule has 0 radical (unpaired) electrons. The summed E-state index contributed by atoms with van der Waals surface area (Å²) in [5.41, 5.74) is 0.404. The molecule has 0 bridgehead atoms. The third-order valence-corrected chi connectivity index (χ3v) is 3.88. The molecule has 2 rings (SSSR count). The van der Waals surface area contributed by atoms with Gasteiger partial charge in [0.05, 0.1) is 5.56 Å². The van der Waals surface area contributed by atoms with Crippen LogP contribution in [0.5, 0.6) is 17.2 Å². The van der Waals surface area contributed by atoms with E-state index in [9.17, 15) is 19.6 Å². The predicted molar refractivity (Wildman–Crippen MR) is 86.2 cm³/mol. The van der Waals surface area contributed by atoms with Gasteiger partial charge in [-0.1, -0.05) is 19.1 Å². The van der Waals surface area contributed by atoms with Crippen LogP contribution in [0.25, 0.3) is 0 Å². The predicted octanol–water partition coefficient (Wildman–Crippen LogP) is 2.95. The number of phenolic OH excluding ortho intramolecular Hbond substituents is 2. The Morgan fingerprint density at radius 3 is 2.38 bits per heavy atom. The Morgan fingerprint density at radius 2 is 1.79 bits per heavy atom. The fourth-order valence-corrected chi connectivity index (χ4v) is 2.84. The molecule has 2 aromatic carbocycles. The van der Waals surface area contributed by atoms with Crippen molar-refractivity contribution in [2.45, 2.75) is 19.3 Å². The number of aromatic hydroxyl groups is 2. The Bertz CT molecular complexity index is 797. The first-order chi connectivity index (χ1) is 11.2. The molecule has 24 heavy (non-hydrogen) atoms. The Hall–Kier alpha value is -2.34. The van der Waals surface area contributed by atoms with E-state index in [-0.39, 0.29) is 22.8 Å². The number of carbonyl (C=O) groups is 1. The van der Waals surface area contributed by atoms with Gasteiger partial charge >= 0.3 is 7.82 Å². The van der Waals surface area contributed by atoms with E-state index in [1.165, 1.54) is 12.1 Å². The summed E-state index contributed by atoms with van der Waals surface area (Å²) in [6, 6.07) is 9.55. The van der Waals surface area contributed by atoms with Crippen molar-refractivity contribution < 1.29 is 33.9 Å². The van der Waals surface area contributed by atoms with Gasteiger partial charge in [0.25, 0.3) is 0 Å². The van der Waals surface area contributed by atoms with E-state index in [2.05, 4.69) is 4.52 Å². The molecule has 0 spiro atoms. The minimum atomic E-state index is -4.86. The van der Waals surface area contributed by atoms with Crippen molar-refractivity contribution in [3.05, 3.63) is 53.6 Å². The van der Waals surface area contributed by atoms with Gasteiger partial charge in [-0.2, -0.15) is 0 Å². The van der Waals surface area contributed by atoms with Crippen molar-refractivity contribution in [3.8, 4) is 17.2 Å². The van der Waals surface area contributed by atoms with Crippen molar-refractivity contribution >= 4 is 13.6 Å². The van der Waals surface area contributed by atoms with E-state index >= 15 is 0 Å². The molecule has 2 aromatic rings. The lowest BCUT2D eigenvalue weighted by molar-refractivity contribution is 0.0955. The SMILES string of the molecule is CCC(C(=O)c1cc(O)ccc1OP(=O)(O)O)c1cccc(O)c1. The normalized spacial score (nSPS) is 12.6. The summed E-state index contributed by atoms with van der Waals surface area (Å²) < 4.78 is 15.6. The number of carbonyl (C=O) groups excluding carboxylic acids is 1. The van der Waals surface area contributed by atoms with Crippen molar-refractivity contribution in [1.82, 2.24) is 0 Å². The van der Waals surface area contributed by atoms with Gasteiger partial charge in [0.1, 0.15) is 17.2 Å². The van der Waals surface area contributed by atoms with E-state index in [4.69, 9.17) is 9.79 Å². The van der Waals surface area contributed by atoms with Crippen molar-refractivity contribution in [3.63, 3.8) is 0 Å². The smallest absolute Gasteiger partial charge is 0.508 e. The highest BCUT2D eigenvalue weighted by atomic mass is 31.2. The van der Waals surface area contributed by atoms with Gasteiger partial charge in [0.15, 0.2) is 5.78 Å². The van der Waals surface area contributed by atoms with Crippen molar-refractivity contribution in [1.29, 1.82) is 0 Å². The first-order valence-corrected chi connectivity index (χ1v) is 8.65. The molecule has 0 aliphatic heterocycles. The number of phosphoric ester groups is 1. The maximum Gasteiger partial charge on any atom is 0.524 e. The van der Waals surface area contributed by atoms with E-state index in [1.807, 2.05) is 0 Å². The topological polar surface area (TPSA) is 124 Å². The molecule has 0 saturated carbocycles. The summed E-state index contributed by atoms with van der Waals surface area (Å²) in [6.07, 6.45) is 0.382. The zero-order valence-corrected chi connectivity index (χ0v) is 13.7. The van der Waals surface area contributed by atoms with E-state index in [0.717, 1.165) is 18.2 Å².